The molecular formula is C13H26N2. The van der Waals surface area contributed by atoms with Gasteiger partial charge >= 0.3 is 0 Å². The largest absolute Gasteiger partial charge is 0.330 e. The van der Waals surface area contributed by atoms with Crippen molar-refractivity contribution < 1.29 is 0 Å². The summed E-state index contributed by atoms with van der Waals surface area (Å²) in [4.78, 5) is 2.73. The highest BCUT2D eigenvalue weighted by atomic mass is 15.2. The Morgan fingerprint density at radius 2 is 1.73 bits per heavy atom. The number of rotatable bonds is 7. The van der Waals surface area contributed by atoms with Crippen molar-refractivity contribution in [2.45, 2.75) is 57.4 Å². The molecule has 2 saturated carbocycles. The Labute approximate surface area is 94.2 Å². The zero-order chi connectivity index (χ0) is 10.5. The molecule has 15 heavy (non-hydrogen) atoms. The molecule has 0 bridgehead atoms. The second kappa shape index (κ2) is 5.86. The van der Waals surface area contributed by atoms with E-state index in [1.54, 1.807) is 0 Å². The number of nitrogens with two attached hydrogens (primary N) is 1. The Morgan fingerprint density at radius 3 is 2.33 bits per heavy atom. The number of hydrogen-bond acceptors (Lipinski definition) is 2. The number of hydrogen-bond donors (Lipinski definition) is 1. The van der Waals surface area contributed by atoms with Crippen molar-refractivity contribution in [2.75, 3.05) is 19.6 Å². The molecule has 2 N–H and O–H groups in total. The van der Waals surface area contributed by atoms with Crippen LogP contribution in [0, 0.1) is 5.92 Å². The standard InChI is InChI=1S/C13H26N2/c14-9-3-10-15(11-8-12-6-7-12)13-4-1-2-5-13/h12-13H,1-11,14H2. The summed E-state index contributed by atoms with van der Waals surface area (Å²) in [5.41, 5.74) is 5.62. The Balaban J connectivity index is 1.71. The summed E-state index contributed by atoms with van der Waals surface area (Å²) in [5, 5.41) is 0. The molecule has 2 nitrogen and oxygen atoms in total. The van der Waals surface area contributed by atoms with Crippen molar-refractivity contribution in [1.29, 1.82) is 0 Å². The minimum atomic E-state index is 0.854. The van der Waals surface area contributed by atoms with Crippen LogP contribution in [-0.2, 0) is 0 Å². The molecule has 2 heteroatoms. The summed E-state index contributed by atoms with van der Waals surface area (Å²) in [5.74, 6) is 1.08. The fourth-order valence-corrected chi connectivity index (χ4v) is 2.80. The van der Waals surface area contributed by atoms with Gasteiger partial charge in [0, 0.05) is 6.04 Å². The van der Waals surface area contributed by atoms with Gasteiger partial charge in [0.15, 0.2) is 0 Å². The lowest BCUT2D eigenvalue weighted by Gasteiger charge is -2.28. The van der Waals surface area contributed by atoms with Crippen molar-refractivity contribution in [3.05, 3.63) is 0 Å². The zero-order valence-electron chi connectivity index (χ0n) is 9.96. The first-order valence-electron chi connectivity index (χ1n) is 6.84. The summed E-state index contributed by atoms with van der Waals surface area (Å²) >= 11 is 0. The molecule has 0 saturated heterocycles. The Morgan fingerprint density at radius 1 is 1.00 bits per heavy atom. The molecule has 88 valence electrons. The first-order valence-corrected chi connectivity index (χ1v) is 6.84. The SMILES string of the molecule is NCCCN(CCC1CC1)C1CCCC1. The molecule has 0 aromatic heterocycles. The first kappa shape index (κ1) is 11.4. The molecule has 0 amide bonds. The summed E-state index contributed by atoms with van der Waals surface area (Å²) in [7, 11) is 0. The summed E-state index contributed by atoms with van der Waals surface area (Å²) in [6, 6.07) is 0.898. The van der Waals surface area contributed by atoms with Crippen LogP contribution in [0.2, 0.25) is 0 Å². The molecule has 0 radical (unpaired) electrons. The van der Waals surface area contributed by atoms with Gasteiger partial charge in [0.1, 0.15) is 0 Å². The monoisotopic (exact) mass is 210 g/mol. The zero-order valence-corrected chi connectivity index (χ0v) is 9.96. The van der Waals surface area contributed by atoms with Gasteiger partial charge < -0.3 is 10.6 Å². The molecule has 0 aromatic rings. The molecule has 0 heterocycles. The van der Waals surface area contributed by atoms with E-state index in [4.69, 9.17) is 5.73 Å². The summed E-state index contributed by atoms with van der Waals surface area (Å²) in [6.45, 7) is 3.44. The van der Waals surface area contributed by atoms with Gasteiger partial charge in [-0.15, -0.1) is 0 Å². The van der Waals surface area contributed by atoms with Crippen LogP contribution in [0.4, 0.5) is 0 Å². The highest BCUT2D eigenvalue weighted by molar-refractivity contribution is 4.80. The van der Waals surface area contributed by atoms with Gasteiger partial charge in [-0.05, 0) is 51.2 Å². The molecule has 0 aliphatic heterocycles. The van der Waals surface area contributed by atoms with Gasteiger partial charge in [0.05, 0.1) is 0 Å². The summed E-state index contributed by atoms with van der Waals surface area (Å²) < 4.78 is 0. The molecule has 0 atom stereocenters. The molecule has 0 aromatic carbocycles. The average molecular weight is 210 g/mol. The summed E-state index contributed by atoms with van der Waals surface area (Å²) in [6.07, 6.45) is 11.4. The van der Waals surface area contributed by atoms with E-state index in [1.165, 1.54) is 64.5 Å². The maximum Gasteiger partial charge on any atom is 0.00952 e. The van der Waals surface area contributed by atoms with E-state index in [1.807, 2.05) is 0 Å². The maximum atomic E-state index is 5.62. The Kier molecular flexibility index (Phi) is 4.45. The van der Waals surface area contributed by atoms with E-state index < -0.39 is 0 Å². The van der Waals surface area contributed by atoms with E-state index in [0.29, 0.717) is 0 Å². The normalized spacial score (nSPS) is 22.8. The topological polar surface area (TPSA) is 29.3 Å². The van der Waals surface area contributed by atoms with Crippen LogP contribution in [0.3, 0.4) is 0 Å². The van der Waals surface area contributed by atoms with E-state index in [-0.39, 0.29) is 0 Å². The third-order valence-electron chi connectivity index (χ3n) is 4.01. The van der Waals surface area contributed by atoms with Crippen molar-refractivity contribution in [3.63, 3.8) is 0 Å². The second-order valence-corrected chi connectivity index (χ2v) is 5.35. The molecular weight excluding hydrogens is 184 g/mol. The first-order chi connectivity index (χ1) is 7.40. The molecule has 2 rings (SSSR count). The second-order valence-electron chi connectivity index (χ2n) is 5.35. The van der Waals surface area contributed by atoms with Crippen molar-refractivity contribution in [3.8, 4) is 0 Å². The lowest BCUT2D eigenvalue weighted by atomic mass is 10.1. The van der Waals surface area contributed by atoms with E-state index >= 15 is 0 Å². The smallest absolute Gasteiger partial charge is 0.00952 e. The van der Waals surface area contributed by atoms with Gasteiger partial charge in [-0.2, -0.15) is 0 Å². The Bertz CT molecular complexity index is 171. The van der Waals surface area contributed by atoms with Gasteiger partial charge in [-0.25, -0.2) is 0 Å². The van der Waals surface area contributed by atoms with Crippen molar-refractivity contribution in [1.82, 2.24) is 4.90 Å². The van der Waals surface area contributed by atoms with Gasteiger partial charge in [-0.1, -0.05) is 25.7 Å². The molecule has 0 unspecified atom stereocenters. The number of nitrogens with zero attached hydrogens (tertiary/aromatic N) is 1. The molecule has 0 spiro atoms. The minimum absolute atomic E-state index is 0.854. The molecule has 2 aliphatic rings. The minimum Gasteiger partial charge on any atom is -0.330 e. The van der Waals surface area contributed by atoms with Gasteiger partial charge in [0.25, 0.3) is 0 Å². The van der Waals surface area contributed by atoms with Gasteiger partial charge in [0.2, 0.25) is 0 Å². The van der Waals surface area contributed by atoms with Crippen LogP contribution in [0.25, 0.3) is 0 Å². The maximum absolute atomic E-state index is 5.62. The van der Waals surface area contributed by atoms with E-state index in [2.05, 4.69) is 4.90 Å². The predicted octanol–water partition coefficient (Wildman–Crippen LogP) is 2.38. The molecule has 2 fully saturated rings. The van der Waals surface area contributed by atoms with Crippen LogP contribution in [0.1, 0.15) is 51.4 Å². The van der Waals surface area contributed by atoms with Crippen LogP contribution in [0.5, 0.6) is 0 Å². The highest BCUT2D eigenvalue weighted by Gasteiger charge is 2.25. The predicted molar refractivity (Wildman–Crippen MR) is 64.8 cm³/mol. The van der Waals surface area contributed by atoms with Crippen LogP contribution in [-0.4, -0.2) is 30.6 Å². The molecule has 2 aliphatic carbocycles. The van der Waals surface area contributed by atoms with Crippen LogP contribution < -0.4 is 5.73 Å². The third kappa shape index (κ3) is 3.76. The fourth-order valence-electron chi connectivity index (χ4n) is 2.80. The third-order valence-corrected chi connectivity index (χ3v) is 4.01. The highest BCUT2D eigenvalue weighted by Crippen LogP contribution is 2.33. The average Bonchev–Trinajstić information content (AvgIpc) is 2.92. The van der Waals surface area contributed by atoms with Crippen LogP contribution in [0.15, 0.2) is 0 Å². The lowest BCUT2D eigenvalue weighted by molar-refractivity contribution is 0.191. The Hall–Kier alpha value is -0.0800. The van der Waals surface area contributed by atoms with E-state index in [9.17, 15) is 0 Å². The quantitative estimate of drug-likeness (QED) is 0.699. The van der Waals surface area contributed by atoms with Crippen molar-refractivity contribution in [2.24, 2.45) is 11.7 Å². The van der Waals surface area contributed by atoms with Crippen LogP contribution >= 0.6 is 0 Å². The van der Waals surface area contributed by atoms with Crippen molar-refractivity contribution >= 4 is 0 Å². The van der Waals surface area contributed by atoms with Gasteiger partial charge in [-0.3, -0.25) is 0 Å². The lowest BCUT2D eigenvalue weighted by Crippen LogP contribution is -2.36. The fraction of sp³-hybridized carbons (Fsp3) is 1.00. The van der Waals surface area contributed by atoms with E-state index in [0.717, 1.165) is 18.5 Å².